The highest BCUT2D eigenvalue weighted by atomic mass is 16.6. The molecule has 7 heteroatoms. The number of aromatic carboxylic acids is 1. The van der Waals surface area contributed by atoms with Gasteiger partial charge in [0.15, 0.2) is 0 Å². The largest absolute Gasteiger partial charge is 0.508 e. The fraction of sp³-hybridized carbons (Fsp3) is 0.481. The molecular weight excluding hydrogens is 432 g/mol. The van der Waals surface area contributed by atoms with Gasteiger partial charge in [-0.05, 0) is 101 Å². The highest BCUT2D eigenvalue weighted by molar-refractivity contribution is 5.94. The molecule has 2 aromatic rings. The Kier molecular flexibility index (Phi) is 7.75. The normalized spacial score (nSPS) is 18.3. The molecule has 0 bridgehead atoms. The van der Waals surface area contributed by atoms with Crippen LogP contribution in [0.1, 0.15) is 69.3 Å². The Hall–Kier alpha value is -3.22. The van der Waals surface area contributed by atoms with Gasteiger partial charge in [-0.2, -0.15) is 0 Å². The van der Waals surface area contributed by atoms with Gasteiger partial charge in [0.2, 0.25) is 0 Å². The number of hydrogen-bond donors (Lipinski definition) is 3. The first-order chi connectivity index (χ1) is 16.0. The topological polar surface area (TPSA) is 99.1 Å². The zero-order valence-electron chi connectivity index (χ0n) is 20.7. The van der Waals surface area contributed by atoms with Crippen molar-refractivity contribution < 1.29 is 24.5 Å². The molecule has 1 aliphatic rings. The number of anilines is 1. The number of benzene rings is 2. The second-order valence-corrected chi connectivity index (χ2v) is 9.96. The van der Waals surface area contributed by atoms with Crippen molar-refractivity contribution in [2.75, 3.05) is 11.4 Å². The highest BCUT2D eigenvalue weighted by Gasteiger charge is 2.29. The molecule has 0 unspecified atom stereocenters. The van der Waals surface area contributed by atoms with Gasteiger partial charge in [0, 0.05) is 24.3 Å². The van der Waals surface area contributed by atoms with Crippen LogP contribution in [-0.4, -0.2) is 46.5 Å². The summed E-state index contributed by atoms with van der Waals surface area (Å²) >= 11 is 0. The molecule has 0 atom stereocenters. The molecule has 2 aromatic carbocycles. The van der Waals surface area contributed by atoms with E-state index in [0.717, 1.165) is 54.6 Å². The minimum atomic E-state index is -0.958. The summed E-state index contributed by atoms with van der Waals surface area (Å²) in [4.78, 5) is 26.5. The molecule has 1 fully saturated rings. The molecule has 34 heavy (non-hydrogen) atoms. The summed E-state index contributed by atoms with van der Waals surface area (Å²) in [5.41, 5.74) is 3.06. The summed E-state index contributed by atoms with van der Waals surface area (Å²) in [6.07, 6.45) is 3.07. The third-order valence-electron chi connectivity index (χ3n) is 6.32. The van der Waals surface area contributed by atoms with Crippen LogP contribution in [-0.2, 0) is 4.74 Å². The van der Waals surface area contributed by atoms with Gasteiger partial charge < -0.3 is 25.2 Å². The number of phenolic OH excluding ortho intramolecular Hbond substituents is 1. The summed E-state index contributed by atoms with van der Waals surface area (Å²) in [5.74, 6) is -0.790. The van der Waals surface area contributed by atoms with Gasteiger partial charge in [-0.25, -0.2) is 9.59 Å². The van der Waals surface area contributed by atoms with Gasteiger partial charge >= 0.3 is 12.1 Å². The second-order valence-electron chi connectivity index (χ2n) is 9.96. The van der Waals surface area contributed by atoms with Gasteiger partial charge in [-0.15, -0.1) is 0 Å². The van der Waals surface area contributed by atoms with Gasteiger partial charge in [-0.3, -0.25) is 0 Å². The Balaban J connectivity index is 1.81. The maximum absolute atomic E-state index is 12.1. The first-order valence-electron chi connectivity index (χ1n) is 11.9. The molecule has 0 saturated heterocycles. The maximum Gasteiger partial charge on any atom is 0.407 e. The molecule has 0 aromatic heterocycles. The van der Waals surface area contributed by atoms with E-state index in [-0.39, 0.29) is 29.5 Å². The van der Waals surface area contributed by atoms with Crippen molar-refractivity contribution in [2.24, 2.45) is 0 Å². The molecule has 1 aliphatic carbocycles. The number of rotatable bonds is 6. The molecule has 0 radical (unpaired) electrons. The molecule has 3 rings (SSSR count). The van der Waals surface area contributed by atoms with Crippen LogP contribution in [0, 0.1) is 6.92 Å². The number of ether oxygens (including phenoxy) is 1. The number of nitrogens with zero attached hydrogens (tertiary/aromatic N) is 1. The molecule has 0 heterocycles. The van der Waals surface area contributed by atoms with Crippen molar-refractivity contribution in [3.63, 3.8) is 0 Å². The Morgan fingerprint density at radius 2 is 1.68 bits per heavy atom. The lowest BCUT2D eigenvalue weighted by atomic mass is 9.89. The van der Waals surface area contributed by atoms with Crippen molar-refractivity contribution in [2.45, 2.75) is 78.0 Å². The van der Waals surface area contributed by atoms with E-state index in [1.807, 2.05) is 33.8 Å². The lowest BCUT2D eigenvalue weighted by Gasteiger charge is -2.39. The van der Waals surface area contributed by atoms with E-state index in [2.05, 4.69) is 17.1 Å². The summed E-state index contributed by atoms with van der Waals surface area (Å²) in [5, 5.41) is 22.5. The molecule has 7 nitrogen and oxygen atoms in total. The van der Waals surface area contributed by atoms with E-state index in [1.165, 1.54) is 0 Å². The monoisotopic (exact) mass is 468 g/mol. The first-order valence-corrected chi connectivity index (χ1v) is 11.9. The average Bonchev–Trinajstić information content (AvgIpc) is 2.75. The number of amides is 1. The fourth-order valence-electron chi connectivity index (χ4n) is 4.67. The molecule has 3 N–H and O–H groups in total. The molecular formula is C27H36N2O5. The quantitative estimate of drug-likeness (QED) is 0.501. The Bertz CT molecular complexity index is 1020. The summed E-state index contributed by atoms with van der Waals surface area (Å²) in [6, 6.07) is 10.8. The Labute approximate surface area is 201 Å². The number of carbonyl (C=O) groups is 2. The number of hydrogen-bond acceptors (Lipinski definition) is 5. The third-order valence-corrected chi connectivity index (χ3v) is 6.32. The Morgan fingerprint density at radius 1 is 1.06 bits per heavy atom. The number of alkyl carbamates (subject to hydrolysis) is 1. The number of carboxylic acids is 1. The lowest BCUT2D eigenvalue weighted by molar-refractivity contribution is 0.0490. The lowest BCUT2D eigenvalue weighted by Crippen LogP contribution is -2.45. The van der Waals surface area contributed by atoms with Crippen molar-refractivity contribution >= 4 is 17.7 Å². The van der Waals surface area contributed by atoms with Crippen LogP contribution in [0.15, 0.2) is 36.4 Å². The first kappa shape index (κ1) is 25.4. The van der Waals surface area contributed by atoms with Crippen LogP contribution < -0.4 is 10.2 Å². The van der Waals surface area contributed by atoms with Gasteiger partial charge in [0.1, 0.15) is 11.4 Å². The van der Waals surface area contributed by atoms with E-state index in [0.29, 0.717) is 0 Å². The van der Waals surface area contributed by atoms with Crippen molar-refractivity contribution in [1.82, 2.24) is 5.32 Å². The number of carboxylic acid groups (broad SMARTS) is 1. The summed E-state index contributed by atoms with van der Waals surface area (Å²) < 4.78 is 5.39. The zero-order valence-corrected chi connectivity index (χ0v) is 20.7. The van der Waals surface area contributed by atoms with Crippen LogP contribution >= 0.6 is 0 Å². The van der Waals surface area contributed by atoms with Crippen LogP contribution in [0.5, 0.6) is 5.75 Å². The van der Waals surface area contributed by atoms with Crippen molar-refractivity contribution in [3.05, 3.63) is 47.5 Å². The third kappa shape index (κ3) is 6.22. The van der Waals surface area contributed by atoms with Crippen molar-refractivity contribution in [3.8, 4) is 16.9 Å². The minimum absolute atomic E-state index is 0.0730. The standard InChI is InChI=1S/C27H36N2O5/c1-6-29(21-11-9-20(10-12-21)28-26(33)34-27(3,4)5)24-16-19(15-23(17(24)2)25(31)32)18-7-13-22(30)14-8-18/h7-8,13-16,20-21,30H,6,9-12H2,1-5H3,(H,28,33)(H,31,32)/t20-,21-. The van der Waals surface area contributed by atoms with E-state index in [4.69, 9.17) is 4.74 Å². The highest BCUT2D eigenvalue weighted by Crippen LogP contribution is 2.35. The Morgan fingerprint density at radius 3 is 2.21 bits per heavy atom. The predicted octanol–water partition coefficient (Wildman–Crippen LogP) is 5.73. The number of phenols is 1. The predicted molar refractivity (Wildman–Crippen MR) is 134 cm³/mol. The zero-order chi connectivity index (χ0) is 25.0. The number of aromatic hydroxyl groups is 1. The van der Waals surface area contributed by atoms with E-state index in [1.54, 1.807) is 30.3 Å². The SMILES string of the molecule is CCN(c1cc(-c2ccc(O)cc2)cc(C(=O)O)c1C)[C@H]1CC[C@H](NC(=O)OC(C)(C)C)CC1. The smallest absolute Gasteiger partial charge is 0.407 e. The van der Waals surface area contributed by atoms with Crippen molar-refractivity contribution in [1.29, 1.82) is 0 Å². The van der Waals surface area contributed by atoms with Gasteiger partial charge in [0.25, 0.3) is 0 Å². The summed E-state index contributed by atoms with van der Waals surface area (Å²) in [6.45, 7) is 10.2. The average molecular weight is 469 g/mol. The van der Waals surface area contributed by atoms with E-state index >= 15 is 0 Å². The molecule has 0 aliphatic heterocycles. The van der Waals surface area contributed by atoms with Crippen LogP contribution in [0.2, 0.25) is 0 Å². The minimum Gasteiger partial charge on any atom is -0.508 e. The van der Waals surface area contributed by atoms with Crippen LogP contribution in [0.4, 0.5) is 10.5 Å². The molecule has 1 amide bonds. The van der Waals surface area contributed by atoms with Gasteiger partial charge in [0.05, 0.1) is 5.56 Å². The van der Waals surface area contributed by atoms with Gasteiger partial charge in [-0.1, -0.05) is 12.1 Å². The number of nitrogens with one attached hydrogen (secondary N) is 1. The second kappa shape index (κ2) is 10.4. The fourth-order valence-corrected chi connectivity index (χ4v) is 4.67. The van der Waals surface area contributed by atoms with E-state index in [9.17, 15) is 19.8 Å². The molecule has 1 saturated carbocycles. The molecule has 0 spiro atoms. The van der Waals surface area contributed by atoms with Crippen LogP contribution in [0.3, 0.4) is 0 Å². The summed E-state index contributed by atoms with van der Waals surface area (Å²) in [7, 11) is 0. The van der Waals surface area contributed by atoms with E-state index < -0.39 is 11.6 Å². The number of carbonyl (C=O) groups excluding carboxylic acids is 1. The molecule has 184 valence electrons. The van der Waals surface area contributed by atoms with Crippen LogP contribution in [0.25, 0.3) is 11.1 Å². The maximum atomic E-state index is 12.1.